The summed E-state index contributed by atoms with van der Waals surface area (Å²) in [4.78, 5) is 10.00. The van der Waals surface area contributed by atoms with Crippen LogP contribution in [-0.4, -0.2) is 89.8 Å². The van der Waals surface area contributed by atoms with Gasteiger partial charge in [-0.2, -0.15) is 0 Å². The maximum absolute atomic E-state index is 11.5. The number of benzene rings is 1. The van der Waals surface area contributed by atoms with Gasteiger partial charge >= 0.3 is 0 Å². The quantitative estimate of drug-likeness (QED) is 0.353. The van der Waals surface area contributed by atoms with Crippen molar-refractivity contribution in [3.63, 3.8) is 0 Å². The van der Waals surface area contributed by atoms with Crippen molar-refractivity contribution >= 4 is 15.8 Å². The van der Waals surface area contributed by atoms with Gasteiger partial charge in [-0.25, -0.2) is 8.42 Å². The van der Waals surface area contributed by atoms with E-state index in [1.54, 1.807) is 12.1 Å². The summed E-state index contributed by atoms with van der Waals surface area (Å²) in [6.07, 6.45) is 4.35. The van der Waals surface area contributed by atoms with Crippen LogP contribution in [-0.2, 0) is 16.3 Å². The van der Waals surface area contributed by atoms with E-state index in [0.717, 1.165) is 63.6 Å². The molecule has 1 aliphatic heterocycles. The second-order valence-electron chi connectivity index (χ2n) is 7.71. The molecule has 1 fully saturated rings. The maximum Gasteiger partial charge on any atom is 0.191 e. The fraction of sp³-hybridized carbons (Fsp3) is 0.667. The summed E-state index contributed by atoms with van der Waals surface area (Å²) in [6.45, 7) is 10.2. The van der Waals surface area contributed by atoms with Gasteiger partial charge in [-0.05, 0) is 70.6 Å². The van der Waals surface area contributed by atoms with Crippen LogP contribution in [0.3, 0.4) is 0 Å². The molecule has 0 aromatic heterocycles. The molecule has 7 nitrogen and oxygen atoms in total. The molecule has 1 aromatic carbocycles. The van der Waals surface area contributed by atoms with Gasteiger partial charge in [0.05, 0.1) is 4.90 Å². The third kappa shape index (κ3) is 9.14. The SMILES string of the molecule is CCNC(=NCCCN1CCCN(C)CC1)NCCc1ccc(S(C)(=O)=O)cc1. The van der Waals surface area contributed by atoms with E-state index in [-0.39, 0.29) is 0 Å². The molecule has 0 spiro atoms. The van der Waals surface area contributed by atoms with Gasteiger partial charge < -0.3 is 20.4 Å². The first-order chi connectivity index (χ1) is 13.9. The Labute approximate surface area is 176 Å². The van der Waals surface area contributed by atoms with Crippen molar-refractivity contribution in [3.05, 3.63) is 29.8 Å². The number of nitrogens with one attached hydrogen (secondary N) is 2. The molecule has 0 atom stereocenters. The molecule has 8 heteroatoms. The van der Waals surface area contributed by atoms with Crippen molar-refractivity contribution < 1.29 is 8.42 Å². The number of aliphatic imine (C=N–C) groups is 1. The molecule has 0 aliphatic carbocycles. The van der Waals surface area contributed by atoms with E-state index in [1.165, 1.54) is 25.8 Å². The summed E-state index contributed by atoms with van der Waals surface area (Å²) in [6, 6.07) is 7.09. The molecule has 164 valence electrons. The number of rotatable bonds is 9. The van der Waals surface area contributed by atoms with Crippen LogP contribution in [0, 0.1) is 0 Å². The zero-order valence-corrected chi connectivity index (χ0v) is 19.0. The zero-order chi connectivity index (χ0) is 21.1. The number of sulfone groups is 1. The third-order valence-corrected chi connectivity index (χ3v) is 6.24. The lowest BCUT2D eigenvalue weighted by Gasteiger charge is -2.19. The summed E-state index contributed by atoms with van der Waals surface area (Å²) < 4.78 is 23.1. The molecule has 0 radical (unpaired) electrons. The number of hydrogen-bond donors (Lipinski definition) is 2. The lowest BCUT2D eigenvalue weighted by molar-refractivity contribution is 0.275. The normalized spacial score (nSPS) is 17.1. The van der Waals surface area contributed by atoms with Crippen LogP contribution in [0.15, 0.2) is 34.2 Å². The monoisotopic (exact) mass is 423 g/mol. The Hall–Kier alpha value is -1.64. The van der Waals surface area contributed by atoms with Gasteiger partial charge in [-0.3, -0.25) is 4.99 Å². The summed E-state index contributed by atoms with van der Waals surface area (Å²) >= 11 is 0. The van der Waals surface area contributed by atoms with Crippen LogP contribution in [0.1, 0.15) is 25.3 Å². The van der Waals surface area contributed by atoms with Crippen molar-refractivity contribution in [2.24, 2.45) is 4.99 Å². The van der Waals surface area contributed by atoms with E-state index in [4.69, 9.17) is 4.99 Å². The van der Waals surface area contributed by atoms with Crippen LogP contribution in [0.25, 0.3) is 0 Å². The summed E-state index contributed by atoms with van der Waals surface area (Å²) in [7, 11) is -0.941. The fourth-order valence-corrected chi connectivity index (χ4v) is 4.01. The average Bonchev–Trinajstić information content (AvgIpc) is 2.89. The lowest BCUT2D eigenvalue weighted by Crippen LogP contribution is -2.38. The highest BCUT2D eigenvalue weighted by molar-refractivity contribution is 7.90. The van der Waals surface area contributed by atoms with Gasteiger partial charge in [0.25, 0.3) is 0 Å². The van der Waals surface area contributed by atoms with Crippen molar-refractivity contribution in [3.8, 4) is 0 Å². The van der Waals surface area contributed by atoms with Gasteiger partial charge in [-0.15, -0.1) is 0 Å². The molecule has 1 aromatic rings. The van der Waals surface area contributed by atoms with E-state index < -0.39 is 9.84 Å². The van der Waals surface area contributed by atoms with Gasteiger partial charge in [0.1, 0.15) is 0 Å². The molecule has 1 aliphatic rings. The van der Waals surface area contributed by atoms with Crippen molar-refractivity contribution in [2.75, 3.05) is 65.7 Å². The van der Waals surface area contributed by atoms with E-state index in [2.05, 4.69) is 34.4 Å². The third-order valence-electron chi connectivity index (χ3n) is 5.12. The van der Waals surface area contributed by atoms with Gasteiger partial charge in [0.2, 0.25) is 0 Å². The molecule has 1 saturated heterocycles. The Morgan fingerprint density at radius 1 is 1.10 bits per heavy atom. The maximum atomic E-state index is 11.5. The summed E-state index contributed by atoms with van der Waals surface area (Å²) in [5.41, 5.74) is 1.10. The predicted molar refractivity (Wildman–Crippen MR) is 120 cm³/mol. The smallest absolute Gasteiger partial charge is 0.191 e. The number of likely N-dealkylation sites (N-methyl/N-ethyl adjacent to an activating group) is 1. The summed E-state index contributed by atoms with van der Waals surface area (Å²) in [5, 5.41) is 6.66. The van der Waals surface area contributed by atoms with Crippen LogP contribution in [0.5, 0.6) is 0 Å². The molecular weight excluding hydrogens is 386 g/mol. The van der Waals surface area contributed by atoms with E-state index in [1.807, 2.05) is 12.1 Å². The van der Waals surface area contributed by atoms with Gasteiger partial charge in [-0.1, -0.05) is 12.1 Å². The van der Waals surface area contributed by atoms with E-state index >= 15 is 0 Å². The van der Waals surface area contributed by atoms with Crippen molar-refractivity contribution in [1.29, 1.82) is 0 Å². The Morgan fingerprint density at radius 3 is 2.55 bits per heavy atom. The Morgan fingerprint density at radius 2 is 1.86 bits per heavy atom. The standard InChI is InChI=1S/C21H37N5O2S/c1-4-22-21(23-12-5-15-26-16-6-14-25(2)17-18-26)24-13-11-19-7-9-20(10-8-19)29(3,27)28/h7-10H,4-6,11-18H2,1-3H3,(H2,22,23,24). The molecule has 0 bridgehead atoms. The second kappa shape index (κ2) is 12.1. The molecule has 1 heterocycles. The highest BCUT2D eigenvalue weighted by atomic mass is 32.2. The molecule has 29 heavy (non-hydrogen) atoms. The van der Waals surface area contributed by atoms with Gasteiger partial charge in [0.15, 0.2) is 15.8 Å². The first-order valence-corrected chi connectivity index (χ1v) is 12.5. The van der Waals surface area contributed by atoms with Crippen molar-refractivity contribution in [2.45, 2.75) is 31.1 Å². The number of nitrogens with zero attached hydrogens (tertiary/aromatic N) is 3. The molecule has 2 rings (SSSR count). The van der Waals surface area contributed by atoms with Crippen LogP contribution >= 0.6 is 0 Å². The van der Waals surface area contributed by atoms with E-state index in [9.17, 15) is 8.42 Å². The minimum atomic E-state index is -3.14. The Kier molecular flexibility index (Phi) is 9.90. The fourth-order valence-electron chi connectivity index (χ4n) is 3.38. The zero-order valence-electron chi connectivity index (χ0n) is 18.2. The Bertz CT molecular complexity index is 734. The minimum Gasteiger partial charge on any atom is -0.357 e. The lowest BCUT2D eigenvalue weighted by atomic mass is 10.1. The van der Waals surface area contributed by atoms with E-state index in [0.29, 0.717) is 4.90 Å². The van der Waals surface area contributed by atoms with Gasteiger partial charge in [0, 0.05) is 39.0 Å². The average molecular weight is 424 g/mol. The van der Waals surface area contributed by atoms with Crippen molar-refractivity contribution in [1.82, 2.24) is 20.4 Å². The molecule has 0 amide bonds. The minimum absolute atomic E-state index is 0.361. The largest absolute Gasteiger partial charge is 0.357 e. The molecule has 0 saturated carbocycles. The predicted octanol–water partition coefficient (Wildman–Crippen LogP) is 1.22. The van der Waals surface area contributed by atoms with Crippen LogP contribution in [0.2, 0.25) is 0 Å². The molecule has 2 N–H and O–H groups in total. The number of hydrogen-bond acceptors (Lipinski definition) is 5. The highest BCUT2D eigenvalue weighted by Crippen LogP contribution is 2.10. The first kappa shape index (κ1) is 23.6. The Balaban J connectivity index is 1.72. The van der Waals surface area contributed by atoms with Crippen LogP contribution < -0.4 is 10.6 Å². The highest BCUT2D eigenvalue weighted by Gasteiger charge is 2.11. The first-order valence-electron chi connectivity index (χ1n) is 10.6. The molecule has 0 unspecified atom stereocenters. The number of guanidine groups is 1. The summed E-state index contributed by atoms with van der Waals surface area (Å²) in [5.74, 6) is 0.843. The topological polar surface area (TPSA) is 77.0 Å². The molecular formula is C21H37N5O2S. The second-order valence-corrected chi connectivity index (χ2v) is 9.72. The van der Waals surface area contributed by atoms with Crippen LogP contribution in [0.4, 0.5) is 0 Å².